The van der Waals surface area contributed by atoms with Gasteiger partial charge in [0.15, 0.2) is 0 Å². The molecule has 0 bridgehead atoms. The summed E-state index contributed by atoms with van der Waals surface area (Å²) < 4.78 is 21.3. The van der Waals surface area contributed by atoms with E-state index >= 15 is 0 Å². The van der Waals surface area contributed by atoms with E-state index in [0.717, 1.165) is 57.8 Å². The Balaban J connectivity index is 1.42. The van der Waals surface area contributed by atoms with Crippen LogP contribution >= 0.6 is 0 Å². The predicted octanol–water partition coefficient (Wildman–Crippen LogP) is 7.82. The molecule has 0 saturated heterocycles. The number of hydrogen-bond donors (Lipinski definition) is 2. The van der Waals surface area contributed by atoms with Crippen LogP contribution in [0, 0.1) is 62.1 Å². The van der Waals surface area contributed by atoms with Crippen LogP contribution in [0.5, 0.6) is 0 Å². The fourth-order valence-electron chi connectivity index (χ4n) is 13.0. The number of ether oxygens (including phenoxy) is 1. The zero-order chi connectivity index (χ0) is 35.2. The number of amides is 1. The van der Waals surface area contributed by atoms with E-state index in [1.54, 1.807) is 13.8 Å². The SMILES string of the molecule is C=C(C)[C@@H]1CC[C@]2(CC(=O)NS(=C)(C)=O)CC[C@]3(C)[C@H](CC[C@@H]4[C@@]5(C)CC[C@H](OC(=O)CC(C)(C)C(=O)O)C(C)(C)[C@@H]5CC[C@]43C)[C@@H]12. The van der Waals surface area contributed by atoms with Crippen molar-refractivity contribution in [3.63, 3.8) is 0 Å². The van der Waals surface area contributed by atoms with Crippen molar-refractivity contribution in [2.45, 2.75) is 139 Å². The molecular weight excluding hydrogens is 610 g/mol. The lowest BCUT2D eigenvalue weighted by atomic mass is 9.32. The smallest absolute Gasteiger partial charge is 0.309 e. The number of allylic oxidation sites excluding steroid dienone is 1. The molecule has 0 radical (unpaired) electrons. The number of carboxylic acids is 1. The van der Waals surface area contributed by atoms with Crippen molar-refractivity contribution in [3.05, 3.63) is 12.2 Å². The molecule has 0 aromatic heterocycles. The highest BCUT2D eigenvalue weighted by molar-refractivity contribution is 7.98. The lowest BCUT2D eigenvalue weighted by Gasteiger charge is -2.73. The molecule has 1 amide bonds. The summed E-state index contributed by atoms with van der Waals surface area (Å²) in [6.45, 7) is 22.1. The van der Waals surface area contributed by atoms with Crippen molar-refractivity contribution in [3.8, 4) is 0 Å². The molecule has 266 valence electrons. The molecule has 1 unspecified atom stereocenters. The molecule has 5 fully saturated rings. The Kier molecular flexibility index (Phi) is 9.01. The van der Waals surface area contributed by atoms with Gasteiger partial charge in [0.1, 0.15) is 6.10 Å². The molecular formula is C39H63NO6S. The second-order valence-corrected chi connectivity index (χ2v) is 21.2. The Morgan fingerprint density at radius 2 is 1.57 bits per heavy atom. The van der Waals surface area contributed by atoms with Gasteiger partial charge in [0.2, 0.25) is 5.91 Å². The molecule has 5 aliphatic carbocycles. The van der Waals surface area contributed by atoms with Crippen LogP contribution in [0.4, 0.5) is 0 Å². The number of carbonyl (C=O) groups excluding carboxylic acids is 2. The number of fused-ring (bicyclic) bond motifs is 7. The number of nitrogens with one attached hydrogen (secondary N) is 1. The van der Waals surface area contributed by atoms with Crippen LogP contribution in [0.1, 0.15) is 132 Å². The molecule has 5 rings (SSSR count). The number of carboxylic acid groups (broad SMARTS) is 1. The van der Waals surface area contributed by atoms with Crippen LogP contribution in [-0.4, -0.2) is 45.4 Å². The third-order valence-electron chi connectivity index (χ3n) is 15.5. The van der Waals surface area contributed by atoms with Crippen LogP contribution in [0.2, 0.25) is 0 Å². The van der Waals surface area contributed by atoms with Crippen LogP contribution in [0.25, 0.3) is 0 Å². The first-order valence-electron chi connectivity index (χ1n) is 18.1. The molecule has 5 saturated carbocycles. The summed E-state index contributed by atoms with van der Waals surface area (Å²) in [4.78, 5) is 38.0. The van der Waals surface area contributed by atoms with Crippen molar-refractivity contribution in [2.24, 2.45) is 62.1 Å². The monoisotopic (exact) mass is 673 g/mol. The van der Waals surface area contributed by atoms with Crippen LogP contribution in [-0.2, 0) is 28.8 Å². The zero-order valence-corrected chi connectivity index (χ0v) is 31.6. The Hall–Kier alpha value is -1.83. The quantitative estimate of drug-likeness (QED) is 0.154. The fraction of sp³-hybridized carbons (Fsp3) is 0.846. The van der Waals surface area contributed by atoms with Gasteiger partial charge in [0.25, 0.3) is 0 Å². The van der Waals surface area contributed by atoms with Gasteiger partial charge in [0.05, 0.1) is 11.8 Å². The van der Waals surface area contributed by atoms with Gasteiger partial charge < -0.3 is 9.84 Å². The van der Waals surface area contributed by atoms with Crippen molar-refractivity contribution >= 4 is 33.4 Å². The highest BCUT2D eigenvalue weighted by Gasteiger charge is 2.71. The maximum Gasteiger partial charge on any atom is 0.309 e. The topological polar surface area (TPSA) is 110 Å². The molecule has 2 N–H and O–H groups in total. The molecule has 7 nitrogen and oxygen atoms in total. The van der Waals surface area contributed by atoms with E-state index in [-0.39, 0.29) is 45.5 Å². The van der Waals surface area contributed by atoms with Gasteiger partial charge in [-0.15, -0.1) is 0 Å². The third-order valence-corrected chi connectivity index (χ3v) is 16.1. The zero-order valence-electron chi connectivity index (χ0n) is 30.8. The maximum absolute atomic E-state index is 13.3. The molecule has 47 heavy (non-hydrogen) atoms. The Morgan fingerprint density at radius 3 is 2.17 bits per heavy atom. The number of esters is 1. The first-order valence-corrected chi connectivity index (χ1v) is 20.3. The number of rotatable bonds is 8. The van der Waals surface area contributed by atoms with Crippen LogP contribution in [0.3, 0.4) is 0 Å². The van der Waals surface area contributed by atoms with Gasteiger partial charge in [0, 0.05) is 27.8 Å². The Bertz CT molecular complexity index is 1430. The van der Waals surface area contributed by atoms with Gasteiger partial charge in [-0.1, -0.05) is 46.8 Å². The van der Waals surface area contributed by atoms with Crippen molar-refractivity contribution in [1.29, 1.82) is 0 Å². The summed E-state index contributed by atoms with van der Waals surface area (Å²) in [5, 5.41) is 9.57. The molecule has 0 heterocycles. The second-order valence-electron chi connectivity index (χ2n) is 19.0. The van der Waals surface area contributed by atoms with E-state index in [9.17, 15) is 23.7 Å². The lowest BCUT2D eigenvalue weighted by molar-refractivity contribution is -0.250. The normalized spacial score (nSPS) is 43.6. The average Bonchev–Trinajstić information content (AvgIpc) is 3.28. The highest BCUT2D eigenvalue weighted by Crippen LogP contribution is 2.78. The molecule has 11 atom stereocenters. The van der Waals surface area contributed by atoms with Gasteiger partial charge in [-0.2, -0.15) is 0 Å². The summed E-state index contributed by atoms with van der Waals surface area (Å²) >= 11 is 0. The molecule has 0 aliphatic heterocycles. The van der Waals surface area contributed by atoms with Gasteiger partial charge in [-0.3, -0.25) is 19.1 Å². The van der Waals surface area contributed by atoms with Gasteiger partial charge in [-0.05, 0) is 142 Å². The van der Waals surface area contributed by atoms with Crippen LogP contribution < -0.4 is 4.72 Å². The Morgan fingerprint density at radius 1 is 0.915 bits per heavy atom. The van der Waals surface area contributed by atoms with Crippen LogP contribution in [0.15, 0.2) is 12.2 Å². The Labute approximate surface area is 285 Å². The van der Waals surface area contributed by atoms with E-state index in [4.69, 9.17) is 4.74 Å². The molecule has 0 aromatic rings. The molecule has 0 aromatic carbocycles. The van der Waals surface area contributed by atoms with E-state index < -0.39 is 27.1 Å². The predicted molar refractivity (Wildman–Crippen MR) is 189 cm³/mol. The van der Waals surface area contributed by atoms with E-state index in [1.807, 2.05) is 0 Å². The standard InChI is InChI=1S/C39H63NO6S/c1-24(2)25-14-19-39(22-30(41)40-47(10,11)45)21-20-37(8)26(32(25)39)12-13-28-36(7)17-16-29(46-31(42)23-34(3,4)33(43)44)35(5,6)27(36)15-18-38(28,37)9/h25-29,32H,1,10,12-23H2,2-9,11H3,(H,43,44)(H,40,41,45)/t25-,26+,27-,28+,29-,32+,36-,37+,38+,39+,47?/m0/s1. The summed E-state index contributed by atoms with van der Waals surface area (Å²) in [6.07, 6.45) is 12.1. The molecule has 0 spiro atoms. The number of aliphatic carboxylic acids is 1. The fourth-order valence-corrected chi connectivity index (χ4v) is 13.6. The van der Waals surface area contributed by atoms with Crippen molar-refractivity contribution < 1.29 is 28.4 Å². The highest BCUT2D eigenvalue weighted by atomic mass is 32.2. The van der Waals surface area contributed by atoms with Crippen molar-refractivity contribution in [2.75, 3.05) is 6.26 Å². The minimum absolute atomic E-state index is 0.0913. The first kappa shape index (κ1) is 36.5. The number of hydrogen-bond acceptors (Lipinski definition) is 5. The summed E-state index contributed by atoms with van der Waals surface area (Å²) in [6, 6.07) is 0. The average molecular weight is 674 g/mol. The van der Waals surface area contributed by atoms with Gasteiger partial charge in [-0.25, -0.2) is 4.21 Å². The minimum Gasteiger partial charge on any atom is -0.481 e. The van der Waals surface area contributed by atoms with E-state index in [1.165, 1.54) is 18.2 Å². The third kappa shape index (κ3) is 5.82. The lowest BCUT2D eigenvalue weighted by Crippen LogP contribution is -2.67. The summed E-state index contributed by atoms with van der Waals surface area (Å²) in [7, 11) is -2.62. The van der Waals surface area contributed by atoms with E-state index in [2.05, 4.69) is 58.7 Å². The van der Waals surface area contributed by atoms with E-state index in [0.29, 0.717) is 36.0 Å². The summed E-state index contributed by atoms with van der Waals surface area (Å²) in [5.74, 6) is 4.42. The first-order chi connectivity index (χ1) is 21.4. The summed E-state index contributed by atoms with van der Waals surface area (Å²) in [5.41, 5.74) is 0.170. The molecule has 8 heteroatoms. The largest absolute Gasteiger partial charge is 0.481 e. The van der Waals surface area contributed by atoms with Crippen molar-refractivity contribution in [1.82, 2.24) is 4.72 Å². The minimum atomic E-state index is -2.62. The molecule has 5 aliphatic rings. The number of carbonyl (C=O) groups is 3. The van der Waals surface area contributed by atoms with Gasteiger partial charge >= 0.3 is 11.9 Å². The second kappa shape index (κ2) is 11.6. The maximum atomic E-state index is 13.3.